The van der Waals surface area contributed by atoms with E-state index in [-0.39, 0.29) is 16.5 Å². The van der Waals surface area contributed by atoms with Gasteiger partial charge < -0.3 is 15.5 Å². The first-order chi connectivity index (χ1) is 13.8. The van der Waals surface area contributed by atoms with Gasteiger partial charge in [0.15, 0.2) is 0 Å². The average Bonchev–Trinajstić information content (AvgIpc) is 2.66. The number of benzene rings is 1. The summed E-state index contributed by atoms with van der Waals surface area (Å²) in [5, 5.41) is 21.2. The van der Waals surface area contributed by atoms with Crippen molar-refractivity contribution in [1.29, 1.82) is 0 Å². The molecule has 0 radical (unpaired) electrons. The number of pyridine rings is 1. The number of aryl methyl sites for hydroxylation is 1. The lowest BCUT2D eigenvalue weighted by Gasteiger charge is -2.37. The lowest BCUT2D eigenvalue weighted by atomic mass is 9.67. The quantitative estimate of drug-likeness (QED) is 0.654. The van der Waals surface area contributed by atoms with E-state index in [0.29, 0.717) is 5.69 Å². The Kier molecular flexibility index (Phi) is 5.02. The average molecular weight is 408 g/mol. The molecule has 0 bridgehead atoms. The summed E-state index contributed by atoms with van der Waals surface area (Å²) < 4.78 is 0. The molecule has 30 heavy (non-hydrogen) atoms. The number of nitrogens with one attached hydrogen (secondary N) is 1. The van der Waals surface area contributed by atoms with Crippen LogP contribution in [-0.2, 0) is 10.8 Å². The fraction of sp³-hybridized carbons (Fsp3) is 0.304. The van der Waals surface area contributed by atoms with Crippen LogP contribution in [0.25, 0.3) is 0 Å². The normalized spacial score (nSPS) is 15.9. The summed E-state index contributed by atoms with van der Waals surface area (Å²) in [5.41, 5.74) is 2.25. The van der Waals surface area contributed by atoms with Crippen LogP contribution in [0.2, 0.25) is 0 Å². The van der Waals surface area contributed by atoms with Crippen molar-refractivity contribution < 1.29 is 24.6 Å². The molecule has 0 unspecified atom stereocenters. The predicted octanol–water partition coefficient (Wildman–Crippen LogP) is 4.16. The number of carboxylic acids is 2. The zero-order valence-electron chi connectivity index (χ0n) is 17.5. The Morgan fingerprint density at radius 3 is 1.93 bits per heavy atom. The topological polar surface area (TPSA) is 117 Å². The smallest absolute Gasteiger partial charge is 0.338 e. The molecule has 2 aromatic rings. The molecule has 0 spiro atoms. The molecule has 3 rings (SSSR count). The first-order valence-electron chi connectivity index (χ1n) is 9.47. The van der Waals surface area contributed by atoms with Crippen LogP contribution in [0, 0.1) is 6.92 Å². The number of hydrogen-bond donors (Lipinski definition) is 3. The summed E-state index contributed by atoms with van der Waals surface area (Å²) in [4.78, 5) is 39.2. The highest BCUT2D eigenvalue weighted by Gasteiger charge is 2.33. The number of aromatic carboxylic acids is 2. The minimum atomic E-state index is -1.44. The van der Waals surface area contributed by atoms with E-state index >= 15 is 0 Å². The number of allylic oxidation sites excluding steroid dienone is 2. The summed E-state index contributed by atoms with van der Waals surface area (Å²) in [6.45, 7) is 10.4. The predicted molar refractivity (Wildman–Crippen MR) is 112 cm³/mol. The van der Waals surface area contributed by atoms with Crippen molar-refractivity contribution in [3.05, 3.63) is 70.1 Å². The third-order valence-corrected chi connectivity index (χ3v) is 5.52. The molecule has 1 heterocycles. The summed E-state index contributed by atoms with van der Waals surface area (Å²) in [6.07, 6.45) is 5.23. The molecular formula is C23H24N2O5. The van der Waals surface area contributed by atoms with Gasteiger partial charge in [0, 0.05) is 22.7 Å². The van der Waals surface area contributed by atoms with Gasteiger partial charge in [-0.05, 0) is 35.7 Å². The van der Waals surface area contributed by atoms with Crippen LogP contribution in [0.5, 0.6) is 0 Å². The molecular weight excluding hydrogens is 384 g/mol. The van der Waals surface area contributed by atoms with Crippen LogP contribution in [-0.4, -0.2) is 33.0 Å². The van der Waals surface area contributed by atoms with E-state index in [0.717, 1.165) is 23.4 Å². The van der Waals surface area contributed by atoms with Gasteiger partial charge in [-0.1, -0.05) is 45.9 Å². The van der Waals surface area contributed by atoms with Gasteiger partial charge in [0.1, 0.15) is 5.69 Å². The maximum absolute atomic E-state index is 12.8. The van der Waals surface area contributed by atoms with E-state index in [1.807, 2.05) is 13.0 Å². The van der Waals surface area contributed by atoms with Crippen LogP contribution < -0.4 is 5.32 Å². The van der Waals surface area contributed by atoms with Gasteiger partial charge in [0.2, 0.25) is 0 Å². The van der Waals surface area contributed by atoms with Gasteiger partial charge in [0.05, 0.1) is 11.1 Å². The van der Waals surface area contributed by atoms with Crippen LogP contribution in [0.1, 0.15) is 75.6 Å². The Morgan fingerprint density at radius 1 is 0.867 bits per heavy atom. The number of aromatic nitrogens is 1. The van der Waals surface area contributed by atoms with E-state index in [4.69, 9.17) is 5.11 Å². The van der Waals surface area contributed by atoms with Gasteiger partial charge in [-0.15, -0.1) is 0 Å². The molecule has 1 aliphatic rings. The number of fused-ring (bicyclic) bond motifs is 1. The Labute approximate surface area is 174 Å². The van der Waals surface area contributed by atoms with Crippen molar-refractivity contribution in [3.8, 4) is 0 Å². The standard InChI is InChI=1S/C23H24N2O5/c1-12-8-15-16(23(4,5)7-6-22(15,2)3)10-17(12)25-19(26)18-9-13(20(27)28)14(11-24-18)21(29)30/h6-11H,1-5H3,(H,25,26)(H,27,28)(H,29,30). The van der Waals surface area contributed by atoms with Crippen molar-refractivity contribution >= 4 is 23.5 Å². The summed E-state index contributed by atoms with van der Waals surface area (Å²) >= 11 is 0. The van der Waals surface area contributed by atoms with Gasteiger partial charge in [-0.3, -0.25) is 9.78 Å². The van der Waals surface area contributed by atoms with E-state index in [1.165, 1.54) is 5.56 Å². The van der Waals surface area contributed by atoms with Crippen molar-refractivity contribution in [1.82, 2.24) is 4.98 Å². The maximum Gasteiger partial charge on any atom is 0.338 e. The van der Waals surface area contributed by atoms with E-state index in [9.17, 15) is 19.5 Å². The molecule has 1 aromatic carbocycles. The van der Waals surface area contributed by atoms with Gasteiger partial charge in [-0.25, -0.2) is 9.59 Å². The number of hydrogen-bond acceptors (Lipinski definition) is 4. The van der Waals surface area contributed by atoms with Crippen LogP contribution >= 0.6 is 0 Å². The van der Waals surface area contributed by atoms with Gasteiger partial charge >= 0.3 is 11.9 Å². The Bertz CT molecular complexity index is 1110. The number of amides is 1. The number of nitrogens with zero attached hydrogens (tertiary/aromatic N) is 1. The van der Waals surface area contributed by atoms with Crippen molar-refractivity contribution in [2.75, 3.05) is 5.32 Å². The first kappa shape index (κ1) is 21.2. The molecule has 1 amide bonds. The molecule has 3 N–H and O–H groups in total. The van der Waals surface area contributed by atoms with Gasteiger partial charge in [-0.2, -0.15) is 0 Å². The fourth-order valence-corrected chi connectivity index (χ4v) is 3.62. The number of anilines is 1. The SMILES string of the molecule is Cc1cc2c(cc1NC(=O)c1cc(C(=O)O)c(C(=O)O)cn1)C(C)(C)C=CC2(C)C. The van der Waals surface area contributed by atoms with Crippen LogP contribution in [0.3, 0.4) is 0 Å². The van der Waals surface area contributed by atoms with Crippen molar-refractivity contribution in [2.24, 2.45) is 0 Å². The monoisotopic (exact) mass is 408 g/mol. The second-order valence-corrected chi connectivity index (χ2v) is 8.67. The first-order valence-corrected chi connectivity index (χ1v) is 9.47. The molecule has 0 fully saturated rings. The van der Waals surface area contributed by atoms with Crippen LogP contribution in [0.4, 0.5) is 5.69 Å². The molecule has 1 aliphatic carbocycles. The summed E-state index contributed by atoms with van der Waals surface area (Å²) in [6, 6.07) is 4.97. The molecule has 7 heteroatoms. The molecule has 0 saturated carbocycles. The Morgan fingerprint density at radius 2 is 1.40 bits per heavy atom. The lowest BCUT2D eigenvalue weighted by molar-refractivity contribution is 0.0650. The van der Waals surface area contributed by atoms with E-state index in [2.05, 4.69) is 56.2 Å². The van der Waals surface area contributed by atoms with Crippen LogP contribution in [0.15, 0.2) is 36.5 Å². The molecule has 0 saturated heterocycles. The maximum atomic E-state index is 12.8. The van der Waals surface area contributed by atoms with Crippen molar-refractivity contribution in [2.45, 2.75) is 45.4 Å². The second kappa shape index (κ2) is 7.09. The lowest BCUT2D eigenvalue weighted by Crippen LogP contribution is -2.29. The highest BCUT2D eigenvalue weighted by atomic mass is 16.4. The van der Waals surface area contributed by atoms with E-state index < -0.39 is 29.0 Å². The van der Waals surface area contributed by atoms with E-state index in [1.54, 1.807) is 0 Å². The minimum absolute atomic E-state index is 0.136. The van der Waals surface area contributed by atoms with Crippen molar-refractivity contribution in [3.63, 3.8) is 0 Å². The molecule has 7 nitrogen and oxygen atoms in total. The third kappa shape index (κ3) is 3.70. The number of carbonyl (C=O) groups excluding carboxylic acids is 1. The number of rotatable bonds is 4. The van der Waals surface area contributed by atoms with Gasteiger partial charge in [0.25, 0.3) is 5.91 Å². The number of carboxylic acid groups (broad SMARTS) is 2. The minimum Gasteiger partial charge on any atom is -0.478 e. The highest BCUT2D eigenvalue weighted by Crippen LogP contribution is 2.43. The number of carbonyl (C=O) groups is 3. The molecule has 156 valence electrons. The highest BCUT2D eigenvalue weighted by molar-refractivity contribution is 6.07. The Balaban J connectivity index is 2.00. The summed E-state index contributed by atoms with van der Waals surface area (Å²) in [7, 11) is 0. The second-order valence-electron chi connectivity index (χ2n) is 8.67. The fourth-order valence-electron chi connectivity index (χ4n) is 3.62. The molecule has 0 aliphatic heterocycles. The largest absolute Gasteiger partial charge is 0.478 e. The zero-order chi connectivity index (χ0) is 22.4. The summed E-state index contributed by atoms with van der Waals surface area (Å²) in [5.74, 6) is -3.47. The zero-order valence-corrected chi connectivity index (χ0v) is 17.5. The Hall–Kier alpha value is -3.48. The third-order valence-electron chi connectivity index (χ3n) is 5.52. The molecule has 1 aromatic heterocycles. The molecule has 0 atom stereocenters.